The average Bonchev–Trinajstić information content (AvgIpc) is 2.60. The predicted molar refractivity (Wildman–Crippen MR) is 95.0 cm³/mol. The van der Waals surface area contributed by atoms with E-state index in [0.717, 1.165) is 0 Å². The van der Waals surface area contributed by atoms with Crippen molar-refractivity contribution < 1.29 is 9.47 Å². The van der Waals surface area contributed by atoms with Gasteiger partial charge in [0.2, 0.25) is 0 Å². The number of halogens is 2. The number of hydrogen-bond donors (Lipinski definition) is 1. The maximum Gasteiger partial charge on any atom is 0.199 e. The summed E-state index contributed by atoms with van der Waals surface area (Å²) >= 11 is 12.1. The Morgan fingerprint density at radius 1 is 1.12 bits per heavy atom. The molecule has 0 unspecified atom stereocenters. The average molecular weight is 365 g/mol. The second-order valence-corrected chi connectivity index (χ2v) is 5.12. The highest BCUT2D eigenvalue weighted by Gasteiger charge is 2.15. The van der Waals surface area contributed by atoms with E-state index in [2.05, 4.69) is 21.5 Å². The van der Waals surface area contributed by atoms with E-state index in [-0.39, 0.29) is 21.8 Å². The zero-order valence-electron chi connectivity index (χ0n) is 12.7. The minimum Gasteiger partial charge on any atom is -0.493 e. The van der Waals surface area contributed by atoms with Gasteiger partial charge in [0, 0.05) is 12.4 Å². The number of hydrogen-bond acceptors (Lipinski definition) is 6. The number of aromatic nitrogens is 2. The Bertz CT molecular complexity index is 788. The van der Waals surface area contributed by atoms with Crippen molar-refractivity contribution in [3.8, 4) is 11.5 Å². The quantitative estimate of drug-likeness (QED) is 0.481. The number of rotatable bonds is 6. The summed E-state index contributed by atoms with van der Waals surface area (Å²) in [6.07, 6.45) is 3.13. The monoisotopic (exact) mass is 364 g/mol. The molecule has 0 radical (unpaired) electrons. The van der Waals surface area contributed by atoms with Crippen molar-refractivity contribution in [2.75, 3.05) is 7.11 Å². The molecule has 1 aromatic heterocycles. The van der Waals surface area contributed by atoms with Crippen molar-refractivity contribution in [3.63, 3.8) is 0 Å². The van der Waals surface area contributed by atoms with Crippen molar-refractivity contribution in [1.29, 1.82) is 0 Å². The molecule has 0 atom stereocenters. The maximum atomic E-state index is 6.18. The summed E-state index contributed by atoms with van der Waals surface area (Å²) in [6, 6.07) is 8.64. The largest absolute Gasteiger partial charge is 0.493 e. The molecule has 0 saturated heterocycles. The fourth-order valence-corrected chi connectivity index (χ4v) is 2.09. The smallest absolute Gasteiger partial charge is 0.199 e. The van der Waals surface area contributed by atoms with Crippen LogP contribution in [0.2, 0.25) is 0 Å². The van der Waals surface area contributed by atoms with Crippen LogP contribution in [-0.2, 0) is 0 Å². The van der Waals surface area contributed by atoms with Gasteiger partial charge in [0.05, 0.1) is 7.11 Å². The van der Waals surface area contributed by atoms with E-state index in [1.54, 1.807) is 42.7 Å². The van der Waals surface area contributed by atoms with Crippen LogP contribution in [0.3, 0.4) is 0 Å². The minimum absolute atomic E-state index is 0.0279. The van der Waals surface area contributed by atoms with Crippen LogP contribution in [0.15, 0.2) is 65.2 Å². The van der Waals surface area contributed by atoms with E-state index < -0.39 is 0 Å². The van der Waals surface area contributed by atoms with Gasteiger partial charge in [-0.3, -0.25) is 0 Å². The number of nitrogens with zero attached hydrogens (tertiary/aromatic N) is 3. The number of nitrogens with two attached hydrogens (primary N) is 1. The van der Waals surface area contributed by atoms with Crippen molar-refractivity contribution in [2.24, 2.45) is 10.7 Å². The molecule has 24 heavy (non-hydrogen) atoms. The Kier molecular flexibility index (Phi) is 6.17. The Morgan fingerprint density at radius 2 is 1.75 bits per heavy atom. The van der Waals surface area contributed by atoms with Crippen molar-refractivity contribution in [1.82, 2.24) is 9.97 Å². The molecule has 0 aliphatic carbocycles. The number of para-hydroxylation sites is 2. The number of aliphatic imine (C=N–C) groups is 1. The first-order chi connectivity index (χ1) is 11.5. The van der Waals surface area contributed by atoms with Crippen LogP contribution in [0.4, 0.5) is 0 Å². The molecule has 124 valence electrons. The maximum absolute atomic E-state index is 6.18. The van der Waals surface area contributed by atoms with Crippen LogP contribution in [0.1, 0.15) is 5.82 Å². The Hall–Kier alpha value is -2.57. The number of methoxy groups -OCH3 is 1. The minimum atomic E-state index is -0.170. The van der Waals surface area contributed by atoms with E-state index in [1.165, 1.54) is 7.11 Å². The van der Waals surface area contributed by atoms with Gasteiger partial charge in [-0.25, -0.2) is 15.0 Å². The molecule has 1 heterocycles. The molecule has 0 spiro atoms. The third-order valence-electron chi connectivity index (χ3n) is 2.74. The van der Waals surface area contributed by atoms with Crippen LogP contribution in [0.25, 0.3) is 5.70 Å². The first-order valence-electron chi connectivity index (χ1n) is 6.70. The van der Waals surface area contributed by atoms with E-state index in [9.17, 15) is 0 Å². The van der Waals surface area contributed by atoms with Gasteiger partial charge in [-0.05, 0) is 18.2 Å². The zero-order chi connectivity index (χ0) is 17.5. The standard InChI is InChI=1S/C16H14Cl2N4O2/c1-10(16-20-8-5-9-21-16)22-15(18)13(14(17)19)24-12-7-4-3-6-11(12)23-2/h3-9H,1,19H2,2H3/b14-13+,22-15+. The molecule has 0 amide bonds. The predicted octanol–water partition coefficient (Wildman–Crippen LogP) is 3.54. The molecule has 2 rings (SSSR count). The molecule has 0 fully saturated rings. The third kappa shape index (κ3) is 4.47. The highest BCUT2D eigenvalue weighted by Crippen LogP contribution is 2.29. The molecule has 0 aliphatic rings. The molecule has 8 heteroatoms. The topological polar surface area (TPSA) is 82.6 Å². The Morgan fingerprint density at radius 3 is 2.33 bits per heavy atom. The molecule has 6 nitrogen and oxygen atoms in total. The lowest BCUT2D eigenvalue weighted by Crippen LogP contribution is -2.10. The summed E-state index contributed by atoms with van der Waals surface area (Å²) in [6.45, 7) is 3.76. The Labute approximate surface area is 149 Å². The molecule has 2 N–H and O–H groups in total. The van der Waals surface area contributed by atoms with E-state index in [1.807, 2.05) is 0 Å². The van der Waals surface area contributed by atoms with Crippen molar-refractivity contribution in [3.05, 3.63) is 66.0 Å². The van der Waals surface area contributed by atoms with Gasteiger partial charge in [0.15, 0.2) is 28.3 Å². The first kappa shape index (κ1) is 17.8. The van der Waals surface area contributed by atoms with Crippen LogP contribution in [0.5, 0.6) is 11.5 Å². The lowest BCUT2D eigenvalue weighted by Gasteiger charge is -2.12. The Balaban J connectivity index is 2.29. The first-order valence-corrected chi connectivity index (χ1v) is 7.45. The molecule has 0 bridgehead atoms. The van der Waals surface area contributed by atoms with Gasteiger partial charge in [-0.1, -0.05) is 41.9 Å². The molecular formula is C16H14Cl2N4O2. The fourth-order valence-electron chi connectivity index (χ4n) is 1.67. The highest BCUT2D eigenvalue weighted by molar-refractivity contribution is 6.70. The van der Waals surface area contributed by atoms with Gasteiger partial charge in [0.25, 0.3) is 0 Å². The summed E-state index contributed by atoms with van der Waals surface area (Å²) in [5, 5.41) is -0.262. The van der Waals surface area contributed by atoms with Crippen LogP contribution in [0, 0.1) is 0 Å². The molecule has 1 aromatic carbocycles. The van der Waals surface area contributed by atoms with Gasteiger partial charge in [-0.15, -0.1) is 0 Å². The highest BCUT2D eigenvalue weighted by atomic mass is 35.5. The van der Waals surface area contributed by atoms with Gasteiger partial charge >= 0.3 is 0 Å². The summed E-state index contributed by atoms with van der Waals surface area (Å²) in [4.78, 5) is 12.2. The normalized spacial score (nSPS) is 12.4. The molecule has 0 saturated carbocycles. The van der Waals surface area contributed by atoms with Crippen LogP contribution < -0.4 is 15.2 Å². The number of benzene rings is 1. The summed E-state index contributed by atoms with van der Waals surface area (Å²) in [7, 11) is 1.51. The second kappa shape index (κ2) is 8.33. The summed E-state index contributed by atoms with van der Waals surface area (Å²) in [5.74, 6) is 1.16. The number of ether oxygens (including phenoxy) is 2. The summed E-state index contributed by atoms with van der Waals surface area (Å²) in [5.41, 5.74) is 5.88. The van der Waals surface area contributed by atoms with E-state index >= 15 is 0 Å². The van der Waals surface area contributed by atoms with Gasteiger partial charge in [0.1, 0.15) is 10.9 Å². The van der Waals surface area contributed by atoms with Crippen LogP contribution in [-0.4, -0.2) is 22.2 Å². The SMILES string of the molecule is C=C(/N=C(Cl)\C(Oc1ccccc1OC)=C(/N)Cl)c1ncccn1. The molecule has 2 aromatic rings. The van der Waals surface area contributed by atoms with Gasteiger partial charge in [-0.2, -0.15) is 0 Å². The lowest BCUT2D eigenvalue weighted by molar-refractivity contribution is 0.370. The van der Waals surface area contributed by atoms with E-state index in [4.69, 9.17) is 38.4 Å². The summed E-state index contributed by atoms with van der Waals surface area (Å²) < 4.78 is 10.9. The van der Waals surface area contributed by atoms with E-state index in [0.29, 0.717) is 17.3 Å². The number of allylic oxidation sites excluding steroid dienone is 1. The van der Waals surface area contributed by atoms with Crippen LogP contribution >= 0.6 is 23.2 Å². The second-order valence-electron chi connectivity index (χ2n) is 4.35. The van der Waals surface area contributed by atoms with Crippen molar-refractivity contribution >= 4 is 34.1 Å². The van der Waals surface area contributed by atoms with Crippen molar-refractivity contribution in [2.45, 2.75) is 0 Å². The van der Waals surface area contributed by atoms with Gasteiger partial charge < -0.3 is 15.2 Å². The lowest BCUT2D eigenvalue weighted by atomic mass is 10.3. The fraction of sp³-hybridized carbons (Fsp3) is 0.0625. The molecule has 0 aliphatic heterocycles. The zero-order valence-corrected chi connectivity index (χ0v) is 14.3. The molecular weight excluding hydrogens is 351 g/mol. The third-order valence-corrected chi connectivity index (χ3v) is 3.17.